The van der Waals surface area contributed by atoms with Gasteiger partial charge in [-0.1, -0.05) is 25.8 Å². The second-order valence-corrected chi connectivity index (χ2v) is 6.73. The van der Waals surface area contributed by atoms with Gasteiger partial charge in [0.05, 0.1) is 5.92 Å². The fourth-order valence-corrected chi connectivity index (χ4v) is 3.24. The quantitative estimate of drug-likeness (QED) is 0.226. The lowest BCUT2D eigenvalue weighted by molar-refractivity contribution is -0.122. The number of guanidine groups is 1. The van der Waals surface area contributed by atoms with Crippen LogP contribution in [0.1, 0.15) is 44.6 Å². The molecule has 0 aromatic carbocycles. The van der Waals surface area contributed by atoms with Gasteiger partial charge in [-0.05, 0) is 25.3 Å². The van der Waals surface area contributed by atoms with Crippen molar-refractivity contribution in [3.05, 3.63) is 23.9 Å². The Kier molecular flexibility index (Phi) is 11.1. The summed E-state index contributed by atoms with van der Waals surface area (Å²) in [6.45, 7) is 5.29. The van der Waals surface area contributed by atoms with E-state index in [1.165, 1.54) is 12.8 Å². The molecule has 4 N–H and O–H groups in total. The first kappa shape index (κ1) is 23.5. The number of hydrogen-bond donors (Lipinski definition) is 3. The number of carbonyl (C=O) groups is 1. The Morgan fingerprint density at radius 1 is 1.41 bits per heavy atom. The highest BCUT2D eigenvalue weighted by Crippen LogP contribution is 2.24. The molecular weight excluding hydrogens is 455 g/mol. The third kappa shape index (κ3) is 7.51. The Hall–Kier alpha value is -1.58. The zero-order valence-electron chi connectivity index (χ0n) is 16.4. The van der Waals surface area contributed by atoms with Gasteiger partial charge >= 0.3 is 0 Å². The van der Waals surface area contributed by atoms with E-state index in [4.69, 9.17) is 5.73 Å². The minimum absolute atomic E-state index is 0. The summed E-state index contributed by atoms with van der Waals surface area (Å²) in [5.74, 6) is 1.40. The molecule has 0 spiro atoms. The van der Waals surface area contributed by atoms with Crippen molar-refractivity contribution in [3.8, 4) is 0 Å². The number of nitrogens with one attached hydrogen (secondary N) is 2. The van der Waals surface area contributed by atoms with Crippen molar-refractivity contribution in [1.82, 2.24) is 15.6 Å². The predicted molar refractivity (Wildman–Crippen MR) is 122 cm³/mol. The van der Waals surface area contributed by atoms with Crippen LogP contribution in [0.25, 0.3) is 0 Å². The number of unbranched alkanes of at least 4 members (excludes halogenated alkanes) is 2. The van der Waals surface area contributed by atoms with Crippen LogP contribution in [0.4, 0.5) is 5.82 Å². The number of nitrogens with zero attached hydrogens (tertiary/aromatic N) is 3. The van der Waals surface area contributed by atoms with Gasteiger partial charge in [0.2, 0.25) is 5.91 Å². The van der Waals surface area contributed by atoms with E-state index in [2.05, 4.69) is 38.5 Å². The number of rotatable bonds is 8. The minimum Gasteiger partial charge on any atom is -0.369 e. The Morgan fingerprint density at radius 3 is 2.93 bits per heavy atom. The number of primary amides is 1. The van der Waals surface area contributed by atoms with Crippen molar-refractivity contribution in [2.24, 2.45) is 16.6 Å². The molecule has 152 valence electrons. The first-order chi connectivity index (χ1) is 12.7. The number of aromatic nitrogens is 1. The maximum absolute atomic E-state index is 11.6. The third-order valence-corrected chi connectivity index (χ3v) is 4.73. The Balaban J connectivity index is 0.00000364. The van der Waals surface area contributed by atoms with Crippen LogP contribution in [0.5, 0.6) is 0 Å². The van der Waals surface area contributed by atoms with E-state index >= 15 is 0 Å². The molecule has 1 unspecified atom stereocenters. The number of nitrogens with two attached hydrogens (primary N) is 1. The maximum atomic E-state index is 11.6. The summed E-state index contributed by atoms with van der Waals surface area (Å²) in [6, 6.07) is 4.00. The molecule has 1 atom stereocenters. The molecule has 0 radical (unpaired) electrons. The highest BCUT2D eigenvalue weighted by atomic mass is 127. The predicted octanol–water partition coefficient (Wildman–Crippen LogP) is 2.26. The number of aliphatic imine (C=N–C) groups is 1. The SMILES string of the molecule is CCCCCNC(=NC)NCc1cccnc1N1CCCC(C(N)=O)C1.I. The Labute approximate surface area is 179 Å². The van der Waals surface area contributed by atoms with Crippen LogP contribution in [0.2, 0.25) is 0 Å². The number of anilines is 1. The molecule has 1 saturated heterocycles. The molecule has 8 heteroatoms. The number of halogens is 1. The number of amides is 1. The molecule has 1 aromatic heterocycles. The molecule has 1 aromatic rings. The molecule has 7 nitrogen and oxygen atoms in total. The van der Waals surface area contributed by atoms with Gasteiger partial charge in [0, 0.05) is 45.0 Å². The molecule has 1 aliphatic heterocycles. The molecule has 1 aliphatic rings. The molecule has 0 bridgehead atoms. The van der Waals surface area contributed by atoms with E-state index in [0.29, 0.717) is 13.1 Å². The largest absolute Gasteiger partial charge is 0.369 e. The number of hydrogen-bond acceptors (Lipinski definition) is 4. The molecule has 0 saturated carbocycles. The summed E-state index contributed by atoms with van der Waals surface area (Å²) < 4.78 is 0. The van der Waals surface area contributed by atoms with E-state index < -0.39 is 0 Å². The van der Waals surface area contributed by atoms with Crippen molar-refractivity contribution >= 4 is 41.7 Å². The summed E-state index contributed by atoms with van der Waals surface area (Å²) in [6.07, 6.45) is 7.17. The standard InChI is InChI=1S/C19H32N6O.HI/c1-3-4-5-10-23-19(21-2)24-13-15-8-6-11-22-18(15)25-12-7-9-16(14-25)17(20)26;/h6,8,11,16H,3-5,7,9-10,12-14H2,1-2H3,(H2,20,26)(H2,21,23,24);1H. The van der Waals surface area contributed by atoms with E-state index in [1.54, 1.807) is 13.2 Å². The van der Waals surface area contributed by atoms with Crippen LogP contribution in [0.15, 0.2) is 23.3 Å². The molecule has 2 heterocycles. The highest BCUT2D eigenvalue weighted by Gasteiger charge is 2.25. The zero-order chi connectivity index (χ0) is 18.8. The van der Waals surface area contributed by atoms with Gasteiger partial charge in [0.25, 0.3) is 0 Å². The second kappa shape index (κ2) is 12.7. The van der Waals surface area contributed by atoms with Gasteiger partial charge < -0.3 is 21.3 Å². The van der Waals surface area contributed by atoms with E-state index in [1.807, 2.05) is 6.07 Å². The van der Waals surface area contributed by atoms with Crippen molar-refractivity contribution in [2.45, 2.75) is 45.6 Å². The fraction of sp³-hybridized carbons (Fsp3) is 0.632. The molecule has 1 amide bonds. The fourth-order valence-electron chi connectivity index (χ4n) is 3.24. The lowest BCUT2D eigenvalue weighted by Crippen LogP contribution is -2.42. The lowest BCUT2D eigenvalue weighted by atomic mass is 9.97. The van der Waals surface area contributed by atoms with Gasteiger partial charge in [0.1, 0.15) is 5.82 Å². The number of pyridine rings is 1. The van der Waals surface area contributed by atoms with Gasteiger partial charge in [-0.15, -0.1) is 24.0 Å². The van der Waals surface area contributed by atoms with Crippen LogP contribution in [0.3, 0.4) is 0 Å². The Morgan fingerprint density at radius 2 is 2.22 bits per heavy atom. The van der Waals surface area contributed by atoms with Gasteiger partial charge in [-0.25, -0.2) is 4.98 Å². The maximum Gasteiger partial charge on any atom is 0.222 e. The van der Waals surface area contributed by atoms with Crippen molar-refractivity contribution in [3.63, 3.8) is 0 Å². The lowest BCUT2D eigenvalue weighted by Gasteiger charge is -2.33. The number of carbonyl (C=O) groups excluding carboxylic acids is 1. The van der Waals surface area contributed by atoms with Crippen molar-refractivity contribution < 1.29 is 4.79 Å². The normalized spacial score (nSPS) is 17.2. The van der Waals surface area contributed by atoms with E-state index in [0.717, 1.165) is 49.7 Å². The van der Waals surface area contributed by atoms with Crippen LogP contribution in [0, 0.1) is 5.92 Å². The molecule has 2 rings (SSSR count). The molecule has 1 fully saturated rings. The molecule has 27 heavy (non-hydrogen) atoms. The first-order valence-corrected chi connectivity index (χ1v) is 9.58. The third-order valence-electron chi connectivity index (χ3n) is 4.73. The summed E-state index contributed by atoms with van der Waals surface area (Å²) in [5.41, 5.74) is 6.60. The zero-order valence-corrected chi connectivity index (χ0v) is 18.7. The van der Waals surface area contributed by atoms with Crippen LogP contribution in [-0.4, -0.2) is 43.5 Å². The number of piperidine rings is 1. The topological polar surface area (TPSA) is 95.6 Å². The summed E-state index contributed by atoms with van der Waals surface area (Å²) in [4.78, 5) is 22.6. The minimum atomic E-state index is -0.220. The van der Waals surface area contributed by atoms with Gasteiger partial charge in [-0.2, -0.15) is 0 Å². The van der Waals surface area contributed by atoms with Crippen LogP contribution < -0.4 is 21.3 Å². The summed E-state index contributed by atoms with van der Waals surface area (Å²) in [7, 11) is 1.78. The smallest absolute Gasteiger partial charge is 0.222 e. The molecule has 0 aliphatic carbocycles. The van der Waals surface area contributed by atoms with Crippen molar-refractivity contribution in [2.75, 3.05) is 31.6 Å². The average Bonchev–Trinajstić information content (AvgIpc) is 2.68. The highest BCUT2D eigenvalue weighted by molar-refractivity contribution is 14.0. The van der Waals surface area contributed by atoms with Crippen molar-refractivity contribution in [1.29, 1.82) is 0 Å². The average molecular weight is 488 g/mol. The van der Waals surface area contributed by atoms with E-state index in [9.17, 15) is 4.79 Å². The van der Waals surface area contributed by atoms with E-state index in [-0.39, 0.29) is 35.8 Å². The van der Waals surface area contributed by atoms with Gasteiger partial charge in [0.15, 0.2) is 5.96 Å². The van der Waals surface area contributed by atoms with Crippen LogP contribution >= 0.6 is 24.0 Å². The van der Waals surface area contributed by atoms with Crippen LogP contribution in [-0.2, 0) is 11.3 Å². The Bertz CT molecular complexity index is 610. The summed E-state index contributed by atoms with van der Waals surface area (Å²) >= 11 is 0. The molecular formula is C19H33IN6O. The summed E-state index contributed by atoms with van der Waals surface area (Å²) in [5, 5.41) is 6.70. The van der Waals surface area contributed by atoms with Gasteiger partial charge in [-0.3, -0.25) is 9.79 Å². The second-order valence-electron chi connectivity index (χ2n) is 6.73. The monoisotopic (exact) mass is 488 g/mol. The first-order valence-electron chi connectivity index (χ1n) is 9.58.